The molecule has 14 heavy (non-hydrogen) atoms. The van der Waals surface area contributed by atoms with Gasteiger partial charge in [0.05, 0.1) is 6.04 Å². The zero-order chi connectivity index (χ0) is 10.8. The maximum atomic E-state index is 11.4. The van der Waals surface area contributed by atoms with Gasteiger partial charge in [-0.05, 0) is 34.2 Å². The van der Waals surface area contributed by atoms with Crippen LogP contribution in [-0.2, 0) is 4.79 Å². The maximum Gasteiger partial charge on any atom is 0.151 e. The van der Waals surface area contributed by atoms with Gasteiger partial charge in [0.2, 0.25) is 0 Å². The second kappa shape index (κ2) is 4.41. The Bertz CT molecular complexity index is 208. The molecule has 1 saturated heterocycles. The molecule has 0 aliphatic carbocycles. The van der Waals surface area contributed by atoms with Gasteiger partial charge in [-0.1, -0.05) is 0 Å². The second-order valence-corrected chi connectivity index (χ2v) is 5.10. The first-order valence-electron chi connectivity index (χ1n) is 5.38. The first kappa shape index (κ1) is 11.7. The highest BCUT2D eigenvalue weighted by atomic mass is 16.1. The van der Waals surface area contributed by atoms with Gasteiger partial charge < -0.3 is 10.2 Å². The number of carbonyl (C=O) groups excluding carboxylic acids is 1. The quantitative estimate of drug-likeness (QED) is 0.735. The first-order chi connectivity index (χ1) is 6.41. The van der Waals surface area contributed by atoms with E-state index in [2.05, 4.69) is 38.0 Å². The van der Waals surface area contributed by atoms with E-state index in [0.29, 0.717) is 12.2 Å². The van der Waals surface area contributed by atoms with Crippen molar-refractivity contribution in [2.45, 2.75) is 45.2 Å². The van der Waals surface area contributed by atoms with Gasteiger partial charge in [0, 0.05) is 25.0 Å². The van der Waals surface area contributed by atoms with Gasteiger partial charge in [0.15, 0.2) is 5.78 Å². The minimum Gasteiger partial charge on any atom is -0.307 e. The van der Waals surface area contributed by atoms with Crippen LogP contribution in [0.15, 0.2) is 0 Å². The van der Waals surface area contributed by atoms with Gasteiger partial charge in [-0.2, -0.15) is 0 Å². The summed E-state index contributed by atoms with van der Waals surface area (Å²) in [5.74, 6) is 0.382. The fraction of sp³-hybridized carbons (Fsp3) is 0.909. The molecule has 82 valence electrons. The van der Waals surface area contributed by atoms with Crippen molar-refractivity contribution < 1.29 is 4.79 Å². The highest BCUT2D eigenvalue weighted by molar-refractivity contribution is 5.86. The number of Topliss-reactive ketones (excluding diaryl/α,β-unsaturated/α-hetero) is 1. The van der Waals surface area contributed by atoms with Crippen molar-refractivity contribution in [1.82, 2.24) is 10.2 Å². The van der Waals surface area contributed by atoms with Gasteiger partial charge in [0.1, 0.15) is 0 Å². The van der Waals surface area contributed by atoms with Crippen molar-refractivity contribution in [3.63, 3.8) is 0 Å². The molecule has 3 heteroatoms. The molecule has 0 aromatic rings. The standard InChI is InChI=1S/C11H22N2O/c1-11(2,3)13(4)8-6-9-10(14)5-7-12-9/h9,12H,5-8H2,1-4H3. The lowest BCUT2D eigenvalue weighted by atomic mass is 10.1. The number of nitrogens with one attached hydrogen (secondary N) is 1. The average molecular weight is 198 g/mol. The molecule has 3 nitrogen and oxygen atoms in total. The third kappa shape index (κ3) is 3.07. The summed E-state index contributed by atoms with van der Waals surface area (Å²) in [4.78, 5) is 13.6. The zero-order valence-electron chi connectivity index (χ0n) is 9.76. The van der Waals surface area contributed by atoms with E-state index < -0.39 is 0 Å². The monoisotopic (exact) mass is 198 g/mol. The molecular weight excluding hydrogens is 176 g/mol. The number of rotatable bonds is 3. The fourth-order valence-electron chi connectivity index (χ4n) is 1.58. The summed E-state index contributed by atoms with van der Waals surface area (Å²) >= 11 is 0. The molecule has 1 aliphatic heterocycles. The minimum absolute atomic E-state index is 0.111. The van der Waals surface area contributed by atoms with Crippen molar-refractivity contribution >= 4 is 5.78 Å². The topological polar surface area (TPSA) is 32.3 Å². The van der Waals surface area contributed by atoms with Crippen molar-refractivity contribution in [3.05, 3.63) is 0 Å². The van der Waals surface area contributed by atoms with Crippen LogP contribution in [0.2, 0.25) is 0 Å². The van der Waals surface area contributed by atoms with Crippen molar-refractivity contribution in [2.24, 2.45) is 0 Å². The summed E-state index contributed by atoms with van der Waals surface area (Å²) in [6, 6.07) is 0.111. The van der Waals surface area contributed by atoms with E-state index in [1.807, 2.05) is 0 Å². The Morgan fingerprint density at radius 2 is 2.14 bits per heavy atom. The maximum absolute atomic E-state index is 11.4. The molecule has 1 unspecified atom stereocenters. The molecule has 0 radical (unpaired) electrons. The fourth-order valence-corrected chi connectivity index (χ4v) is 1.58. The predicted molar refractivity (Wildman–Crippen MR) is 58.4 cm³/mol. The van der Waals surface area contributed by atoms with E-state index in [1.165, 1.54) is 0 Å². The smallest absolute Gasteiger partial charge is 0.151 e. The Morgan fingerprint density at radius 1 is 1.50 bits per heavy atom. The van der Waals surface area contributed by atoms with Crippen LogP contribution in [0, 0.1) is 0 Å². The minimum atomic E-state index is 0.111. The predicted octanol–water partition coefficient (Wildman–Crippen LogP) is 1.04. The molecular formula is C11H22N2O. The summed E-state index contributed by atoms with van der Waals surface area (Å²) in [6.45, 7) is 8.42. The highest BCUT2D eigenvalue weighted by Gasteiger charge is 2.25. The highest BCUT2D eigenvalue weighted by Crippen LogP contribution is 2.12. The van der Waals surface area contributed by atoms with Crippen LogP contribution in [0.1, 0.15) is 33.6 Å². The number of carbonyl (C=O) groups is 1. The molecule has 0 bridgehead atoms. The number of hydrogen-bond acceptors (Lipinski definition) is 3. The van der Waals surface area contributed by atoms with Crippen LogP contribution < -0.4 is 5.32 Å². The normalized spacial score (nSPS) is 23.5. The first-order valence-corrected chi connectivity index (χ1v) is 5.38. The Balaban J connectivity index is 2.30. The Labute approximate surface area is 86.9 Å². The van der Waals surface area contributed by atoms with Crippen LogP contribution in [0.3, 0.4) is 0 Å². The molecule has 0 aromatic carbocycles. The van der Waals surface area contributed by atoms with Crippen LogP contribution in [-0.4, -0.2) is 42.4 Å². The van der Waals surface area contributed by atoms with Gasteiger partial charge in [0.25, 0.3) is 0 Å². The summed E-state index contributed by atoms with van der Waals surface area (Å²) < 4.78 is 0. The van der Waals surface area contributed by atoms with Gasteiger partial charge in [-0.15, -0.1) is 0 Å². The number of nitrogens with zero attached hydrogens (tertiary/aromatic N) is 1. The van der Waals surface area contributed by atoms with Gasteiger partial charge in [-0.3, -0.25) is 4.79 Å². The second-order valence-electron chi connectivity index (χ2n) is 5.10. The lowest BCUT2D eigenvalue weighted by Crippen LogP contribution is -2.41. The van der Waals surface area contributed by atoms with Crippen LogP contribution in [0.25, 0.3) is 0 Å². The van der Waals surface area contributed by atoms with Gasteiger partial charge in [-0.25, -0.2) is 0 Å². The summed E-state index contributed by atoms with van der Waals surface area (Å²) in [6.07, 6.45) is 1.65. The van der Waals surface area contributed by atoms with E-state index >= 15 is 0 Å². The molecule has 1 fully saturated rings. The molecule has 1 rings (SSSR count). The van der Waals surface area contributed by atoms with E-state index in [1.54, 1.807) is 0 Å². The third-order valence-corrected chi connectivity index (χ3v) is 3.05. The lowest BCUT2D eigenvalue weighted by molar-refractivity contribution is -0.118. The number of ketones is 1. The van der Waals surface area contributed by atoms with Crippen LogP contribution in [0.4, 0.5) is 0 Å². The van der Waals surface area contributed by atoms with E-state index in [4.69, 9.17) is 0 Å². The van der Waals surface area contributed by atoms with Crippen LogP contribution in [0.5, 0.6) is 0 Å². The van der Waals surface area contributed by atoms with Crippen molar-refractivity contribution in [1.29, 1.82) is 0 Å². The Morgan fingerprint density at radius 3 is 2.57 bits per heavy atom. The molecule has 1 N–H and O–H groups in total. The average Bonchev–Trinajstić information content (AvgIpc) is 2.45. The summed E-state index contributed by atoms with van der Waals surface area (Å²) in [7, 11) is 2.11. The van der Waals surface area contributed by atoms with Crippen molar-refractivity contribution in [3.8, 4) is 0 Å². The molecule has 1 heterocycles. The molecule has 0 amide bonds. The zero-order valence-corrected chi connectivity index (χ0v) is 9.76. The Kier molecular flexibility index (Phi) is 3.67. The SMILES string of the molecule is CN(CCC1NCCC1=O)C(C)(C)C. The molecule has 1 aliphatic rings. The molecule has 0 saturated carbocycles. The third-order valence-electron chi connectivity index (χ3n) is 3.05. The van der Waals surface area contributed by atoms with Gasteiger partial charge >= 0.3 is 0 Å². The van der Waals surface area contributed by atoms with E-state index in [0.717, 1.165) is 19.5 Å². The summed E-state index contributed by atoms with van der Waals surface area (Å²) in [5, 5.41) is 3.24. The molecule has 0 spiro atoms. The largest absolute Gasteiger partial charge is 0.307 e. The summed E-state index contributed by atoms with van der Waals surface area (Å²) in [5.41, 5.74) is 0.196. The number of hydrogen-bond donors (Lipinski definition) is 1. The van der Waals surface area contributed by atoms with Crippen LogP contribution >= 0.6 is 0 Å². The van der Waals surface area contributed by atoms with E-state index in [9.17, 15) is 4.79 Å². The molecule has 0 aromatic heterocycles. The lowest BCUT2D eigenvalue weighted by Gasteiger charge is -2.32. The van der Waals surface area contributed by atoms with E-state index in [-0.39, 0.29) is 11.6 Å². The Hall–Kier alpha value is -0.410. The molecule has 1 atom stereocenters. The van der Waals surface area contributed by atoms with Crippen molar-refractivity contribution in [2.75, 3.05) is 20.1 Å².